The Morgan fingerprint density at radius 2 is 2.04 bits per heavy atom. The van der Waals surface area contributed by atoms with Gasteiger partial charge in [-0.05, 0) is 42.5 Å². The summed E-state index contributed by atoms with van der Waals surface area (Å²) < 4.78 is 6.61. The van der Waals surface area contributed by atoms with Crippen molar-refractivity contribution in [2.75, 3.05) is 7.11 Å². The summed E-state index contributed by atoms with van der Waals surface area (Å²) in [6, 6.07) is 12.1. The molecule has 0 bridgehead atoms. The van der Waals surface area contributed by atoms with Crippen molar-refractivity contribution in [3.63, 3.8) is 0 Å². The average molecular weight is 380 g/mol. The lowest BCUT2D eigenvalue weighted by Crippen LogP contribution is -2.02. The molecule has 0 spiro atoms. The monoisotopic (exact) mass is 379 g/mol. The minimum Gasteiger partial charge on any atom is -0.507 e. The summed E-state index contributed by atoms with van der Waals surface area (Å²) in [6.45, 7) is 0. The van der Waals surface area contributed by atoms with Gasteiger partial charge in [0.25, 0.3) is 0 Å². The molecule has 0 saturated carbocycles. The molecule has 0 unspecified atom stereocenters. The summed E-state index contributed by atoms with van der Waals surface area (Å²) in [7, 11) is 1.27. The molecule has 0 fully saturated rings. The predicted octanol–water partition coefficient (Wildman–Crippen LogP) is 4.23. The zero-order valence-corrected chi connectivity index (χ0v) is 15.0. The maximum absolute atomic E-state index is 11.9. The number of rotatable bonds is 3. The number of aromatic nitrogens is 3. The molecular formula is C20H14ClN3O3. The van der Waals surface area contributed by atoms with Crippen LogP contribution in [0.4, 0.5) is 0 Å². The van der Waals surface area contributed by atoms with E-state index in [1.165, 1.54) is 13.2 Å². The first-order chi connectivity index (χ1) is 13.1. The number of halogens is 1. The Morgan fingerprint density at radius 3 is 2.78 bits per heavy atom. The summed E-state index contributed by atoms with van der Waals surface area (Å²) in [6.07, 6.45) is 5.23. The predicted molar refractivity (Wildman–Crippen MR) is 102 cm³/mol. The van der Waals surface area contributed by atoms with Crippen molar-refractivity contribution in [2.45, 2.75) is 0 Å². The largest absolute Gasteiger partial charge is 0.507 e. The van der Waals surface area contributed by atoms with Gasteiger partial charge >= 0.3 is 5.97 Å². The number of imidazole rings is 1. The van der Waals surface area contributed by atoms with Gasteiger partial charge in [0, 0.05) is 28.4 Å². The van der Waals surface area contributed by atoms with Crippen LogP contribution in [-0.4, -0.2) is 32.7 Å². The first-order valence-electron chi connectivity index (χ1n) is 8.07. The summed E-state index contributed by atoms with van der Waals surface area (Å²) in [5.41, 5.74) is 2.94. The van der Waals surface area contributed by atoms with Gasteiger partial charge in [-0.25, -0.2) is 14.8 Å². The third-order valence-electron chi connectivity index (χ3n) is 4.23. The Bertz CT molecular complexity index is 1160. The van der Waals surface area contributed by atoms with Crippen molar-refractivity contribution < 1.29 is 14.6 Å². The smallest absolute Gasteiger partial charge is 0.341 e. The maximum Gasteiger partial charge on any atom is 0.341 e. The van der Waals surface area contributed by atoms with E-state index in [1.807, 2.05) is 29.0 Å². The van der Waals surface area contributed by atoms with Gasteiger partial charge in [-0.15, -0.1) is 0 Å². The number of hydrogen-bond donors (Lipinski definition) is 1. The lowest BCUT2D eigenvalue weighted by molar-refractivity contribution is 0.0597. The fourth-order valence-electron chi connectivity index (χ4n) is 2.92. The molecule has 0 saturated heterocycles. The van der Waals surface area contributed by atoms with Crippen LogP contribution in [0.3, 0.4) is 0 Å². The number of carbonyl (C=O) groups is 1. The Hall–Kier alpha value is -3.38. The van der Waals surface area contributed by atoms with Gasteiger partial charge in [-0.2, -0.15) is 0 Å². The Morgan fingerprint density at radius 1 is 1.19 bits per heavy atom. The van der Waals surface area contributed by atoms with Crippen molar-refractivity contribution >= 4 is 28.5 Å². The van der Waals surface area contributed by atoms with Crippen molar-refractivity contribution in [2.24, 2.45) is 0 Å². The number of methoxy groups -OCH3 is 1. The van der Waals surface area contributed by atoms with Crippen LogP contribution in [0.5, 0.6) is 5.75 Å². The molecule has 134 valence electrons. The topological polar surface area (TPSA) is 77.2 Å². The van der Waals surface area contributed by atoms with E-state index in [0.29, 0.717) is 21.8 Å². The Balaban J connectivity index is 1.96. The van der Waals surface area contributed by atoms with Crippen LogP contribution in [0.1, 0.15) is 10.4 Å². The number of nitrogens with zero attached hydrogens (tertiary/aromatic N) is 3. The first-order valence-corrected chi connectivity index (χ1v) is 8.45. The second-order valence-electron chi connectivity index (χ2n) is 5.88. The average Bonchev–Trinajstić information content (AvgIpc) is 3.21. The van der Waals surface area contributed by atoms with Crippen molar-refractivity contribution in [3.05, 3.63) is 71.8 Å². The van der Waals surface area contributed by atoms with Gasteiger partial charge in [0.15, 0.2) is 0 Å². The number of phenols is 1. The molecule has 0 amide bonds. The summed E-state index contributed by atoms with van der Waals surface area (Å²) in [5.74, 6) is -0.766. The fraction of sp³-hybridized carbons (Fsp3) is 0.0500. The minimum absolute atomic E-state index is 0.0761. The highest BCUT2D eigenvalue weighted by Gasteiger charge is 2.15. The van der Waals surface area contributed by atoms with Crippen LogP contribution in [0.25, 0.3) is 27.8 Å². The molecule has 2 aromatic heterocycles. The molecule has 6 nitrogen and oxygen atoms in total. The number of benzene rings is 2. The molecule has 4 rings (SSSR count). The molecular weight excluding hydrogens is 366 g/mol. The third kappa shape index (κ3) is 3.11. The minimum atomic E-state index is -0.618. The van der Waals surface area contributed by atoms with E-state index in [2.05, 4.69) is 9.97 Å². The standard InChI is InChI=1S/C20H14ClN3O3/c1-27-20(26)15-8-12(2-5-19(15)25)16-10-18(24-7-6-22-11-24)14-4-3-13(21)9-17(14)23-16/h2-11,25H,1H3. The van der Waals surface area contributed by atoms with Crippen LogP contribution in [0.15, 0.2) is 61.2 Å². The highest BCUT2D eigenvalue weighted by molar-refractivity contribution is 6.31. The van der Waals surface area contributed by atoms with Gasteiger partial charge in [0.05, 0.1) is 30.3 Å². The van der Waals surface area contributed by atoms with Crippen LogP contribution < -0.4 is 0 Å². The molecule has 7 heteroatoms. The number of aromatic hydroxyl groups is 1. The van der Waals surface area contributed by atoms with Gasteiger partial charge in [0.1, 0.15) is 11.3 Å². The van der Waals surface area contributed by atoms with Crippen LogP contribution in [0, 0.1) is 0 Å². The van der Waals surface area contributed by atoms with Crippen molar-refractivity contribution in [1.82, 2.24) is 14.5 Å². The zero-order chi connectivity index (χ0) is 19.0. The van der Waals surface area contributed by atoms with E-state index in [-0.39, 0.29) is 11.3 Å². The highest BCUT2D eigenvalue weighted by Crippen LogP contribution is 2.31. The zero-order valence-electron chi connectivity index (χ0n) is 14.3. The molecule has 4 aromatic rings. The molecule has 0 aliphatic rings. The van der Waals surface area contributed by atoms with Crippen molar-refractivity contribution in [1.29, 1.82) is 0 Å². The van der Waals surface area contributed by atoms with E-state index in [1.54, 1.807) is 30.7 Å². The normalized spacial score (nSPS) is 10.9. The molecule has 0 aliphatic heterocycles. The van der Waals surface area contributed by atoms with E-state index in [0.717, 1.165) is 11.1 Å². The lowest BCUT2D eigenvalue weighted by Gasteiger charge is -2.12. The van der Waals surface area contributed by atoms with Gasteiger partial charge in [-0.3, -0.25) is 0 Å². The molecule has 2 aromatic carbocycles. The summed E-state index contributed by atoms with van der Waals surface area (Å²) in [5, 5.41) is 11.4. The van der Waals surface area contributed by atoms with Gasteiger partial charge in [-0.1, -0.05) is 11.6 Å². The molecule has 0 radical (unpaired) electrons. The number of hydrogen-bond acceptors (Lipinski definition) is 5. The molecule has 0 aliphatic carbocycles. The third-order valence-corrected chi connectivity index (χ3v) is 4.47. The second-order valence-corrected chi connectivity index (χ2v) is 6.32. The number of fused-ring (bicyclic) bond motifs is 1. The van der Waals surface area contributed by atoms with E-state index in [9.17, 15) is 9.90 Å². The van der Waals surface area contributed by atoms with Crippen LogP contribution in [-0.2, 0) is 4.74 Å². The number of phenolic OH excluding ortho intramolecular Hbond substituents is 1. The number of esters is 1. The van der Waals surface area contributed by atoms with Gasteiger partial charge in [0.2, 0.25) is 0 Å². The lowest BCUT2D eigenvalue weighted by atomic mass is 10.0. The van der Waals surface area contributed by atoms with Crippen LogP contribution >= 0.6 is 11.6 Å². The Labute approximate surface area is 159 Å². The number of ether oxygens (including phenoxy) is 1. The number of carbonyl (C=O) groups excluding carboxylic acids is 1. The summed E-state index contributed by atoms with van der Waals surface area (Å²) in [4.78, 5) is 20.7. The molecule has 2 heterocycles. The Kier molecular flexibility index (Phi) is 4.25. The van der Waals surface area contributed by atoms with Gasteiger partial charge < -0.3 is 14.4 Å². The molecule has 27 heavy (non-hydrogen) atoms. The van der Waals surface area contributed by atoms with Crippen molar-refractivity contribution in [3.8, 4) is 22.7 Å². The SMILES string of the molecule is COC(=O)c1cc(-c2cc(-n3ccnc3)c3ccc(Cl)cc3n2)ccc1O. The molecule has 1 N–H and O–H groups in total. The quantitative estimate of drug-likeness (QED) is 0.539. The van der Waals surface area contributed by atoms with E-state index >= 15 is 0 Å². The van der Waals surface area contributed by atoms with E-state index in [4.69, 9.17) is 16.3 Å². The summed E-state index contributed by atoms with van der Waals surface area (Å²) >= 11 is 6.15. The molecule has 0 atom stereocenters. The van der Waals surface area contributed by atoms with Crippen LogP contribution in [0.2, 0.25) is 5.02 Å². The highest BCUT2D eigenvalue weighted by atomic mass is 35.5. The second kappa shape index (κ2) is 6.74. The number of pyridine rings is 1. The maximum atomic E-state index is 11.9. The fourth-order valence-corrected chi connectivity index (χ4v) is 3.08. The first kappa shape index (κ1) is 17.1. The van der Waals surface area contributed by atoms with E-state index < -0.39 is 5.97 Å².